The number of carbonyl (C=O) groups is 1. The lowest BCUT2D eigenvalue weighted by molar-refractivity contribution is -0.122. The fraction of sp³-hybridized carbons (Fsp3) is 0.474. The standard InChI is InChI=1S/C19H25N3O3/c1-12(18-13(2)21-22(4)14(18)3)19(23)20-8-7-15-5-6-16-17(11-15)25-10-9-24-16/h5-6,11-12H,7-10H2,1-4H3,(H,20,23)/t12-/m1/s1. The minimum absolute atomic E-state index is 0.0248. The van der Waals surface area contributed by atoms with Crippen molar-refractivity contribution in [2.45, 2.75) is 33.1 Å². The Morgan fingerprint density at radius 3 is 2.68 bits per heavy atom. The zero-order valence-electron chi connectivity index (χ0n) is 15.3. The van der Waals surface area contributed by atoms with Crippen LogP contribution in [0.3, 0.4) is 0 Å². The summed E-state index contributed by atoms with van der Waals surface area (Å²) >= 11 is 0. The normalized spacial score (nSPS) is 14.2. The fourth-order valence-corrected chi connectivity index (χ4v) is 3.27. The Morgan fingerprint density at radius 2 is 2.00 bits per heavy atom. The molecular formula is C19H25N3O3. The number of nitrogens with one attached hydrogen (secondary N) is 1. The summed E-state index contributed by atoms with van der Waals surface area (Å²) < 4.78 is 12.9. The van der Waals surface area contributed by atoms with Gasteiger partial charge in [-0.25, -0.2) is 0 Å². The quantitative estimate of drug-likeness (QED) is 0.904. The van der Waals surface area contributed by atoms with Crippen molar-refractivity contribution in [3.05, 3.63) is 40.7 Å². The average Bonchev–Trinajstić information content (AvgIpc) is 2.86. The number of aromatic nitrogens is 2. The molecule has 0 saturated carbocycles. The topological polar surface area (TPSA) is 65.4 Å². The molecule has 1 aromatic carbocycles. The highest BCUT2D eigenvalue weighted by atomic mass is 16.6. The molecule has 25 heavy (non-hydrogen) atoms. The maximum absolute atomic E-state index is 12.5. The van der Waals surface area contributed by atoms with Gasteiger partial charge < -0.3 is 14.8 Å². The van der Waals surface area contributed by atoms with Crippen LogP contribution in [-0.4, -0.2) is 35.4 Å². The van der Waals surface area contributed by atoms with E-state index in [4.69, 9.17) is 9.47 Å². The van der Waals surface area contributed by atoms with Gasteiger partial charge >= 0.3 is 0 Å². The molecule has 0 unspecified atom stereocenters. The summed E-state index contributed by atoms with van der Waals surface area (Å²) in [6.45, 7) is 7.62. The molecular weight excluding hydrogens is 318 g/mol. The third-order valence-corrected chi connectivity index (χ3v) is 4.71. The number of hydrogen-bond acceptors (Lipinski definition) is 4. The van der Waals surface area contributed by atoms with Crippen molar-refractivity contribution in [1.82, 2.24) is 15.1 Å². The molecule has 6 nitrogen and oxygen atoms in total. The molecule has 1 N–H and O–H groups in total. The molecule has 3 rings (SSSR count). The van der Waals surface area contributed by atoms with Crippen molar-refractivity contribution in [2.75, 3.05) is 19.8 Å². The lowest BCUT2D eigenvalue weighted by Gasteiger charge is -2.19. The molecule has 0 spiro atoms. The summed E-state index contributed by atoms with van der Waals surface area (Å²) in [5, 5.41) is 7.42. The number of benzene rings is 1. The molecule has 0 bridgehead atoms. The first kappa shape index (κ1) is 17.3. The third-order valence-electron chi connectivity index (χ3n) is 4.71. The van der Waals surface area contributed by atoms with Crippen LogP contribution in [0.2, 0.25) is 0 Å². The number of amides is 1. The summed E-state index contributed by atoms with van der Waals surface area (Å²) in [6, 6.07) is 5.93. The highest BCUT2D eigenvalue weighted by Gasteiger charge is 2.22. The molecule has 1 aliphatic heterocycles. The number of ether oxygens (including phenoxy) is 2. The van der Waals surface area contributed by atoms with Crippen molar-refractivity contribution in [3.8, 4) is 11.5 Å². The van der Waals surface area contributed by atoms with E-state index in [9.17, 15) is 4.79 Å². The Hall–Kier alpha value is -2.50. The van der Waals surface area contributed by atoms with E-state index in [0.717, 1.165) is 40.4 Å². The van der Waals surface area contributed by atoms with E-state index in [2.05, 4.69) is 10.4 Å². The second kappa shape index (κ2) is 7.17. The Labute approximate surface area is 148 Å². The van der Waals surface area contributed by atoms with Crippen LogP contribution >= 0.6 is 0 Å². The Morgan fingerprint density at radius 1 is 1.28 bits per heavy atom. The monoisotopic (exact) mass is 343 g/mol. The third kappa shape index (κ3) is 3.62. The van der Waals surface area contributed by atoms with E-state index in [1.807, 2.05) is 50.7 Å². The number of carbonyl (C=O) groups excluding carboxylic acids is 1. The van der Waals surface area contributed by atoms with Gasteiger partial charge in [-0.1, -0.05) is 6.07 Å². The van der Waals surface area contributed by atoms with Crippen molar-refractivity contribution in [3.63, 3.8) is 0 Å². The Kier molecular flexibility index (Phi) is 4.97. The van der Waals surface area contributed by atoms with Gasteiger partial charge in [0.1, 0.15) is 13.2 Å². The molecule has 134 valence electrons. The van der Waals surface area contributed by atoms with Crippen molar-refractivity contribution < 1.29 is 14.3 Å². The minimum Gasteiger partial charge on any atom is -0.486 e. The first-order valence-electron chi connectivity index (χ1n) is 8.63. The van der Waals surface area contributed by atoms with Gasteiger partial charge in [-0.15, -0.1) is 0 Å². The second-order valence-corrected chi connectivity index (χ2v) is 6.45. The molecule has 1 amide bonds. The maximum atomic E-state index is 12.5. The number of aryl methyl sites for hydroxylation is 2. The highest BCUT2D eigenvalue weighted by molar-refractivity contribution is 5.83. The second-order valence-electron chi connectivity index (χ2n) is 6.45. The SMILES string of the molecule is Cc1nn(C)c(C)c1[C@@H](C)C(=O)NCCc1ccc2c(c1)OCCO2. The summed E-state index contributed by atoms with van der Waals surface area (Å²) in [4.78, 5) is 12.5. The zero-order chi connectivity index (χ0) is 18.0. The summed E-state index contributed by atoms with van der Waals surface area (Å²) in [5.41, 5.74) is 4.08. The smallest absolute Gasteiger partial charge is 0.227 e. The number of hydrogen-bond donors (Lipinski definition) is 1. The van der Waals surface area contributed by atoms with E-state index in [-0.39, 0.29) is 11.8 Å². The molecule has 1 atom stereocenters. The van der Waals surface area contributed by atoms with Gasteiger partial charge in [-0.05, 0) is 44.9 Å². The maximum Gasteiger partial charge on any atom is 0.227 e. The first-order chi connectivity index (χ1) is 12.0. The van der Waals surface area contributed by atoms with Gasteiger partial charge in [0.2, 0.25) is 5.91 Å². The first-order valence-corrected chi connectivity index (χ1v) is 8.63. The highest BCUT2D eigenvalue weighted by Crippen LogP contribution is 2.30. The molecule has 0 radical (unpaired) electrons. The molecule has 0 aliphatic carbocycles. The van der Waals surface area contributed by atoms with E-state index < -0.39 is 0 Å². The van der Waals surface area contributed by atoms with E-state index in [0.29, 0.717) is 19.8 Å². The van der Waals surface area contributed by atoms with Crippen LogP contribution in [0.15, 0.2) is 18.2 Å². The molecule has 0 fully saturated rings. The van der Waals surface area contributed by atoms with Crippen LogP contribution in [0, 0.1) is 13.8 Å². The van der Waals surface area contributed by atoms with Crippen LogP contribution in [0.5, 0.6) is 11.5 Å². The van der Waals surface area contributed by atoms with Gasteiger partial charge in [0, 0.05) is 24.8 Å². The van der Waals surface area contributed by atoms with E-state index in [1.165, 1.54) is 0 Å². The fourth-order valence-electron chi connectivity index (χ4n) is 3.27. The van der Waals surface area contributed by atoms with Gasteiger partial charge in [0.25, 0.3) is 0 Å². The number of nitrogens with zero attached hydrogens (tertiary/aromatic N) is 2. The Balaban J connectivity index is 1.57. The van der Waals surface area contributed by atoms with E-state index >= 15 is 0 Å². The molecule has 2 heterocycles. The van der Waals surface area contributed by atoms with Gasteiger partial charge in [-0.3, -0.25) is 9.48 Å². The van der Waals surface area contributed by atoms with Crippen molar-refractivity contribution in [1.29, 1.82) is 0 Å². The van der Waals surface area contributed by atoms with Crippen molar-refractivity contribution in [2.24, 2.45) is 7.05 Å². The predicted octanol–water partition coefficient (Wildman–Crippen LogP) is 2.27. The van der Waals surface area contributed by atoms with E-state index in [1.54, 1.807) is 0 Å². The Bertz CT molecular complexity index is 782. The summed E-state index contributed by atoms with van der Waals surface area (Å²) in [5.74, 6) is 1.38. The van der Waals surface area contributed by atoms with Gasteiger partial charge in [0.15, 0.2) is 11.5 Å². The summed E-state index contributed by atoms with van der Waals surface area (Å²) in [7, 11) is 1.90. The molecule has 6 heteroatoms. The van der Waals surface area contributed by atoms with Crippen LogP contribution < -0.4 is 14.8 Å². The zero-order valence-corrected chi connectivity index (χ0v) is 15.3. The lowest BCUT2D eigenvalue weighted by Crippen LogP contribution is -2.30. The minimum atomic E-state index is -0.214. The molecule has 1 aliphatic rings. The predicted molar refractivity (Wildman–Crippen MR) is 95.2 cm³/mol. The molecule has 1 aromatic heterocycles. The summed E-state index contributed by atoms with van der Waals surface area (Å²) in [6.07, 6.45) is 0.750. The van der Waals surface area contributed by atoms with Crippen LogP contribution in [-0.2, 0) is 18.3 Å². The van der Waals surface area contributed by atoms with Crippen LogP contribution in [0.1, 0.15) is 35.4 Å². The largest absolute Gasteiger partial charge is 0.486 e. The molecule has 2 aromatic rings. The van der Waals surface area contributed by atoms with Gasteiger partial charge in [0.05, 0.1) is 11.6 Å². The van der Waals surface area contributed by atoms with Crippen LogP contribution in [0.25, 0.3) is 0 Å². The average molecular weight is 343 g/mol. The van der Waals surface area contributed by atoms with Crippen LogP contribution in [0.4, 0.5) is 0 Å². The van der Waals surface area contributed by atoms with Crippen molar-refractivity contribution >= 4 is 5.91 Å². The number of fused-ring (bicyclic) bond motifs is 1. The molecule has 0 saturated heterocycles. The van der Waals surface area contributed by atoms with Gasteiger partial charge in [-0.2, -0.15) is 5.10 Å². The number of rotatable bonds is 5. The lowest BCUT2D eigenvalue weighted by atomic mass is 9.98.